The van der Waals surface area contributed by atoms with Crippen molar-refractivity contribution < 1.29 is 9.59 Å². The van der Waals surface area contributed by atoms with E-state index in [1.807, 2.05) is 67.0 Å². The van der Waals surface area contributed by atoms with Crippen molar-refractivity contribution in [2.45, 2.75) is 13.8 Å². The van der Waals surface area contributed by atoms with E-state index in [9.17, 15) is 9.59 Å². The third-order valence-electron chi connectivity index (χ3n) is 4.93. The molecule has 0 bridgehead atoms. The number of nitrogens with one attached hydrogen (secondary N) is 2. The molecule has 0 atom stereocenters. The SMILES string of the molecule is Cc1ccc(-c2cn3cccc(C)c3n2)cc1NC(=O)CNC(=O)c1ccccc1. The van der Waals surface area contributed by atoms with Crippen molar-refractivity contribution in [2.24, 2.45) is 0 Å². The van der Waals surface area contributed by atoms with Gasteiger partial charge in [0.2, 0.25) is 5.91 Å². The zero-order valence-electron chi connectivity index (χ0n) is 16.8. The van der Waals surface area contributed by atoms with Crippen LogP contribution in [-0.2, 0) is 4.79 Å². The van der Waals surface area contributed by atoms with Gasteiger partial charge in [0.15, 0.2) is 0 Å². The molecule has 0 aliphatic carbocycles. The van der Waals surface area contributed by atoms with Crippen LogP contribution in [0.2, 0.25) is 0 Å². The van der Waals surface area contributed by atoms with Crippen LogP contribution in [0.4, 0.5) is 5.69 Å². The third kappa shape index (κ3) is 4.07. The van der Waals surface area contributed by atoms with Gasteiger partial charge in [-0.25, -0.2) is 4.98 Å². The van der Waals surface area contributed by atoms with E-state index in [0.717, 1.165) is 28.0 Å². The van der Waals surface area contributed by atoms with Crippen molar-refractivity contribution in [3.63, 3.8) is 0 Å². The summed E-state index contributed by atoms with van der Waals surface area (Å²) < 4.78 is 1.99. The standard InChI is InChI=1S/C24H22N4O2/c1-16-10-11-19(21-15-28-12-6-7-17(2)23(28)27-21)13-20(16)26-22(29)14-25-24(30)18-8-4-3-5-9-18/h3-13,15H,14H2,1-2H3,(H,25,30)(H,26,29). The van der Waals surface area contributed by atoms with E-state index in [2.05, 4.69) is 10.6 Å². The second-order valence-corrected chi connectivity index (χ2v) is 7.17. The van der Waals surface area contributed by atoms with E-state index in [0.29, 0.717) is 11.3 Å². The molecular formula is C24H22N4O2. The summed E-state index contributed by atoms with van der Waals surface area (Å²) in [5, 5.41) is 5.53. The van der Waals surface area contributed by atoms with Gasteiger partial charge in [0, 0.05) is 29.2 Å². The number of hydrogen-bond acceptors (Lipinski definition) is 3. The van der Waals surface area contributed by atoms with E-state index in [1.165, 1.54) is 0 Å². The van der Waals surface area contributed by atoms with Crippen LogP contribution >= 0.6 is 0 Å². The lowest BCUT2D eigenvalue weighted by Crippen LogP contribution is -2.32. The molecule has 0 saturated heterocycles. The molecule has 0 saturated carbocycles. The molecule has 150 valence electrons. The molecule has 6 heteroatoms. The fraction of sp³-hybridized carbons (Fsp3) is 0.125. The van der Waals surface area contributed by atoms with Crippen molar-refractivity contribution in [2.75, 3.05) is 11.9 Å². The number of anilines is 1. The number of carbonyl (C=O) groups is 2. The van der Waals surface area contributed by atoms with Crippen LogP contribution in [0.5, 0.6) is 0 Å². The van der Waals surface area contributed by atoms with E-state index in [1.54, 1.807) is 24.3 Å². The maximum Gasteiger partial charge on any atom is 0.251 e. The maximum absolute atomic E-state index is 12.4. The van der Waals surface area contributed by atoms with Crippen molar-refractivity contribution in [3.8, 4) is 11.3 Å². The Morgan fingerprint density at radius 3 is 2.53 bits per heavy atom. The number of carbonyl (C=O) groups excluding carboxylic acids is 2. The number of nitrogens with zero attached hydrogens (tertiary/aromatic N) is 2. The Morgan fingerprint density at radius 1 is 0.967 bits per heavy atom. The lowest BCUT2D eigenvalue weighted by molar-refractivity contribution is -0.115. The van der Waals surface area contributed by atoms with E-state index < -0.39 is 0 Å². The number of fused-ring (bicyclic) bond motifs is 1. The monoisotopic (exact) mass is 398 g/mol. The Labute approximate surface area is 174 Å². The first-order valence-electron chi connectivity index (χ1n) is 9.70. The van der Waals surface area contributed by atoms with Crippen LogP contribution in [-0.4, -0.2) is 27.7 Å². The number of rotatable bonds is 5. The summed E-state index contributed by atoms with van der Waals surface area (Å²) in [6, 6.07) is 18.7. The molecule has 2 aromatic carbocycles. The zero-order chi connectivity index (χ0) is 21.1. The van der Waals surface area contributed by atoms with Crippen LogP contribution in [0.3, 0.4) is 0 Å². The summed E-state index contributed by atoms with van der Waals surface area (Å²) in [5.41, 5.74) is 5.89. The van der Waals surface area contributed by atoms with Gasteiger partial charge in [0.1, 0.15) is 5.65 Å². The molecule has 2 heterocycles. The van der Waals surface area contributed by atoms with Gasteiger partial charge in [-0.3, -0.25) is 9.59 Å². The molecule has 30 heavy (non-hydrogen) atoms. The van der Waals surface area contributed by atoms with Gasteiger partial charge in [0.25, 0.3) is 5.91 Å². The van der Waals surface area contributed by atoms with Crippen molar-refractivity contribution in [3.05, 3.63) is 89.7 Å². The molecule has 4 rings (SSSR count). The first-order chi connectivity index (χ1) is 14.5. The quantitative estimate of drug-likeness (QED) is 0.534. The molecule has 0 radical (unpaired) electrons. The number of imidazole rings is 1. The first-order valence-corrected chi connectivity index (χ1v) is 9.70. The Hall–Kier alpha value is -3.93. The lowest BCUT2D eigenvalue weighted by atomic mass is 10.1. The van der Waals surface area contributed by atoms with Gasteiger partial charge < -0.3 is 15.0 Å². The van der Waals surface area contributed by atoms with Crippen LogP contribution in [0.25, 0.3) is 16.9 Å². The van der Waals surface area contributed by atoms with Crippen molar-refractivity contribution in [1.29, 1.82) is 0 Å². The molecule has 2 N–H and O–H groups in total. The largest absolute Gasteiger partial charge is 0.343 e. The predicted octanol–water partition coefficient (Wildman–Crippen LogP) is 3.99. The minimum atomic E-state index is -0.287. The Bertz CT molecular complexity index is 1230. The van der Waals surface area contributed by atoms with Crippen molar-refractivity contribution >= 4 is 23.1 Å². The van der Waals surface area contributed by atoms with Gasteiger partial charge in [-0.1, -0.05) is 36.4 Å². The highest BCUT2D eigenvalue weighted by atomic mass is 16.2. The molecule has 6 nitrogen and oxygen atoms in total. The summed E-state index contributed by atoms with van der Waals surface area (Å²) >= 11 is 0. The Morgan fingerprint density at radius 2 is 1.77 bits per heavy atom. The summed E-state index contributed by atoms with van der Waals surface area (Å²) in [4.78, 5) is 29.2. The Kier molecular flexibility index (Phi) is 5.30. The molecule has 0 spiro atoms. The zero-order valence-corrected chi connectivity index (χ0v) is 16.8. The van der Waals surface area contributed by atoms with Gasteiger partial charge in [-0.15, -0.1) is 0 Å². The summed E-state index contributed by atoms with van der Waals surface area (Å²) in [6.45, 7) is 3.84. The van der Waals surface area contributed by atoms with E-state index in [-0.39, 0.29) is 18.4 Å². The smallest absolute Gasteiger partial charge is 0.251 e. The normalized spacial score (nSPS) is 10.7. The second-order valence-electron chi connectivity index (χ2n) is 7.17. The first kappa shape index (κ1) is 19.4. The molecule has 0 fully saturated rings. The highest BCUT2D eigenvalue weighted by Crippen LogP contribution is 2.26. The maximum atomic E-state index is 12.4. The van der Waals surface area contributed by atoms with Crippen LogP contribution < -0.4 is 10.6 Å². The number of benzene rings is 2. The average molecular weight is 398 g/mol. The Balaban J connectivity index is 1.48. The average Bonchev–Trinajstić information content (AvgIpc) is 3.20. The topological polar surface area (TPSA) is 75.5 Å². The van der Waals surface area contributed by atoms with Crippen LogP contribution in [0.1, 0.15) is 21.5 Å². The van der Waals surface area contributed by atoms with E-state index >= 15 is 0 Å². The second kappa shape index (κ2) is 8.21. The molecule has 0 aliphatic rings. The van der Waals surface area contributed by atoms with Gasteiger partial charge in [-0.05, 0) is 49.2 Å². The number of aromatic nitrogens is 2. The molecule has 0 aliphatic heterocycles. The highest BCUT2D eigenvalue weighted by Gasteiger charge is 2.11. The predicted molar refractivity (Wildman–Crippen MR) is 118 cm³/mol. The fourth-order valence-electron chi connectivity index (χ4n) is 3.26. The minimum Gasteiger partial charge on any atom is -0.343 e. The van der Waals surface area contributed by atoms with Crippen LogP contribution in [0.15, 0.2) is 73.1 Å². The summed E-state index contributed by atoms with van der Waals surface area (Å²) in [7, 11) is 0. The number of aryl methyl sites for hydroxylation is 2. The van der Waals surface area contributed by atoms with Gasteiger partial charge in [-0.2, -0.15) is 0 Å². The molecular weight excluding hydrogens is 376 g/mol. The van der Waals surface area contributed by atoms with E-state index in [4.69, 9.17) is 4.98 Å². The molecule has 2 aromatic heterocycles. The highest BCUT2D eigenvalue weighted by molar-refractivity contribution is 5.99. The number of hydrogen-bond donors (Lipinski definition) is 2. The summed E-state index contributed by atoms with van der Waals surface area (Å²) in [6.07, 6.45) is 3.93. The van der Waals surface area contributed by atoms with Crippen molar-refractivity contribution in [1.82, 2.24) is 14.7 Å². The minimum absolute atomic E-state index is 0.106. The number of pyridine rings is 1. The fourth-order valence-corrected chi connectivity index (χ4v) is 3.26. The summed E-state index contributed by atoms with van der Waals surface area (Å²) in [5.74, 6) is -0.568. The molecule has 2 amide bonds. The molecule has 0 unspecified atom stereocenters. The van der Waals surface area contributed by atoms with Crippen LogP contribution in [0, 0.1) is 13.8 Å². The lowest BCUT2D eigenvalue weighted by Gasteiger charge is -2.11. The third-order valence-corrected chi connectivity index (χ3v) is 4.93. The van der Waals surface area contributed by atoms with Gasteiger partial charge in [0.05, 0.1) is 12.2 Å². The molecule has 4 aromatic rings. The van der Waals surface area contributed by atoms with Gasteiger partial charge >= 0.3 is 0 Å². The number of amides is 2.